The number of halogens is 11. The van der Waals surface area contributed by atoms with Crippen LogP contribution < -0.4 is 5.32 Å². The minimum atomic E-state index is -4.96. The zero-order chi connectivity index (χ0) is 29.1. The summed E-state index contributed by atoms with van der Waals surface area (Å²) in [5.74, 6) is -5.13. The molecule has 0 spiro atoms. The van der Waals surface area contributed by atoms with E-state index >= 15 is 0 Å². The molecule has 0 bridgehead atoms. The molecule has 0 saturated carbocycles. The van der Waals surface area contributed by atoms with Crippen molar-refractivity contribution >= 4 is 45.3 Å². The number of rotatable bonds is 8. The largest absolute Gasteiger partial charge is 0.416 e. The molecule has 1 amide bonds. The van der Waals surface area contributed by atoms with Crippen LogP contribution in [0.4, 0.5) is 39.5 Å². The quantitative estimate of drug-likeness (QED) is 0.233. The predicted octanol–water partition coefficient (Wildman–Crippen LogP) is 8.37. The molecule has 2 rings (SSSR count). The monoisotopic (exact) mass is 637 g/mol. The zero-order valence-corrected chi connectivity index (χ0v) is 21.5. The number of benzene rings is 2. The van der Waals surface area contributed by atoms with Crippen LogP contribution in [-0.4, -0.2) is 30.6 Å². The minimum absolute atomic E-state index is 0.0228. The van der Waals surface area contributed by atoms with Crippen LogP contribution in [0.2, 0.25) is 5.02 Å². The normalized spacial score (nSPS) is 14.4. The number of Topliss-reactive ketones (excluding diaryl/α,β-unsaturated/α-hetero) is 1. The van der Waals surface area contributed by atoms with Gasteiger partial charge in [-0.25, -0.2) is 0 Å². The van der Waals surface area contributed by atoms with Crippen LogP contribution >= 0.6 is 27.5 Å². The van der Waals surface area contributed by atoms with Crippen LogP contribution in [0.5, 0.6) is 0 Å². The van der Waals surface area contributed by atoms with Crippen LogP contribution in [-0.2, 0) is 11.0 Å². The van der Waals surface area contributed by atoms with Crippen molar-refractivity contribution in [2.75, 3.05) is 6.54 Å². The van der Waals surface area contributed by atoms with E-state index in [-0.39, 0.29) is 15.6 Å². The lowest BCUT2D eigenvalue weighted by Crippen LogP contribution is -2.37. The number of carbonyl (C=O) groups is 2. The second-order valence-electron chi connectivity index (χ2n) is 8.25. The van der Waals surface area contributed by atoms with E-state index in [2.05, 4.69) is 15.9 Å². The Labute approximate surface area is 224 Å². The first-order chi connectivity index (χ1) is 17.3. The summed E-state index contributed by atoms with van der Waals surface area (Å²) in [7, 11) is 0. The second-order valence-corrected chi connectivity index (χ2v) is 9.54. The van der Waals surface area contributed by atoms with Gasteiger partial charge in [-0.05, 0) is 41.5 Å². The van der Waals surface area contributed by atoms with Crippen LogP contribution in [0.3, 0.4) is 0 Å². The van der Waals surface area contributed by atoms with Crippen LogP contribution in [0.15, 0.2) is 46.9 Å². The average Bonchev–Trinajstić information content (AvgIpc) is 2.75. The summed E-state index contributed by atoms with van der Waals surface area (Å²) in [6, 6.07) is 5.41. The molecule has 0 saturated heterocycles. The Hall–Kier alpha value is -2.54. The highest BCUT2D eigenvalue weighted by molar-refractivity contribution is 9.10. The molecule has 38 heavy (non-hydrogen) atoms. The topological polar surface area (TPSA) is 46.2 Å². The third-order valence-corrected chi connectivity index (χ3v) is 6.01. The van der Waals surface area contributed by atoms with Gasteiger partial charge < -0.3 is 5.32 Å². The molecule has 0 aliphatic heterocycles. The summed E-state index contributed by atoms with van der Waals surface area (Å²) in [6.45, 7) is -0.299. The van der Waals surface area contributed by atoms with Crippen molar-refractivity contribution in [2.24, 2.45) is 5.92 Å². The van der Waals surface area contributed by atoms with Crippen molar-refractivity contribution in [2.45, 2.75) is 37.8 Å². The van der Waals surface area contributed by atoms with E-state index in [0.29, 0.717) is 18.2 Å². The van der Waals surface area contributed by atoms with E-state index in [1.54, 1.807) is 5.32 Å². The average molecular weight is 639 g/mol. The number of allylic oxidation sites excluding steroid dienone is 1. The van der Waals surface area contributed by atoms with Gasteiger partial charge in [0.1, 0.15) is 6.54 Å². The van der Waals surface area contributed by atoms with E-state index < -0.39 is 71.2 Å². The maximum atomic E-state index is 13.7. The zero-order valence-electron chi connectivity index (χ0n) is 19.2. The number of ketones is 1. The number of amides is 1. The Morgan fingerprint density at radius 2 is 1.63 bits per heavy atom. The number of alkyl halides is 9. The molecule has 0 aliphatic rings. The molecule has 0 aliphatic carbocycles. The van der Waals surface area contributed by atoms with Crippen molar-refractivity contribution in [1.29, 1.82) is 0 Å². The molecule has 1 unspecified atom stereocenters. The van der Waals surface area contributed by atoms with E-state index in [0.717, 1.165) is 12.1 Å². The molecule has 2 aromatic carbocycles. The summed E-state index contributed by atoms with van der Waals surface area (Å²) in [6.07, 6.45) is -13.3. The molecule has 0 fully saturated rings. The first-order valence-electron chi connectivity index (χ1n) is 10.6. The molecule has 0 aromatic heterocycles. The molecular formula is C24H18BrClF9NO2. The Bertz CT molecular complexity index is 1210. The fourth-order valence-electron chi connectivity index (χ4n) is 3.28. The lowest BCUT2D eigenvalue weighted by atomic mass is 9.94. The molecule has 1 N–H and O–H groups in total. The maximum absolute atomic E-state index is 13.7. The number of nitrogens with one attached hydrogen (secondary N) is 1. The van der Waals surface area contributed by atoms with Gasteiger partial charge >= 0.3 is 18.5 Å². The number of hydrogen-bond donors (Lipinski definition) is 1. The SMILES string of the molecule is C[C@@H](CC(=O)c1ccc(/C=C/C(c2cc(Cl)cc(C(F)(F)F)c2)C(F)(F)F)cc1Br)C(=O)NCC(F)(F)F. The molecule has 14 heteroatoms. The summed E-state index contributed by atoms with van der Waals surface area (Å²) >= 11 is 8.72. The van der Waals surface area contributed by atoms with Gasteiger partial charge in [0, 0.05) is 27.4 Å². The number of carbonyl (C=O) groups excluding carboxylic acids is 2. The molecule has 2 aromatic rings. The smallest absolute Gasteiger partial charge is 0.347 e. The Morgan fingerprint density at radius 1 is 1.00 bits per heavy atom. The Kier molecular flexibility index (Phi) is 10.1. The fraction of sp³-hybridized carbons (Fsp3) is 0.333. The third kappa shape index (κ3) is 9.33. The molecule has 208 valence electrons. The standard InChI is InChI=1S/C24H18BrClF9NO2/c1-12(21(38)36-11-22(27,28)29)6-20(37)17-4-2-13(7-19(17)25)3-5-18(24(33,34)35)14-8-15(23(30,31)32)10-16(26)9-14/h2-5,7-10,12,18H,6,11H2,1H3,(H,36,38)/b5-3+/t12-,18?/m0/s1. The van der Waals surface area contributed by atoms with Gasteiger partial charge in [0.2, 0.25) is 5.91 Å². The van der Waals surface area contributed by atoms with Crippen LogP contribution in [0.1, 0.15) is 46.3 Å². The van der Waals surface area contributed by atoms with Gasteiger partial charge in [0.05, 0.1) is 11.5 Å². The molecule has 2 atom stereocenters. The highest BCUT2D eigenvalue weighted by atomic mass is 79.9. The molecular weight excluding hydrogens is 621 g/mol. The lowest BCUT2D eigenvalue weighted by molar-refractivity contribution is -0.142. The molecule has 0 radical (unpaired) electrons. The van der Waals surface area contributed by atoms with E-state index in [4.69, 9.17) is 11.6 Å². The summed E-state index contributed by atoms with van der Waals surface area (Å²) in [4.78, 5) is 24.3. The molecule has 0 heterocycles. The van der Waals surface area contributed by atoms with Crippen molar-refractivity contribution in [3.8, 4) is 0 Å². The van der Waals surface area contributed by atoms with Crippen LogP contribution in [0.25, 0.3) is 6.08 Å². The van der Waals surface area contributed by atoms with Crippen molar-refractivity contribution < 1.29 is 49.1 Å². The Morgan fingerprint density at radius 3 is 2.16 bits per heavy atom. The summed E-state index contributed by atoms with van der Waals surface area (Å²) in [5.41, 5.74) is -1.89. The van der Waals surface area contributed by atoms with Crippen molar-refractivity contribution in [1.82, 2.24) is 5.32 Å². The van der Waals surface area contributed by atoms with Crippen LogP contribution in [0, 0.1) is 5.92 Å². The van der Waals surface area contributed by atoms with Gasteiger partial charge in [-0.3, -0.25) is 9.59 Å². The lowest BCUT2D eigenvalue weighted by Gasteiger charge is -2.19. The minimum Gasteiger partial charge on any atom is -0.347 e. The van der Waals surface area contributed by atoms with Gasteiger partial charge in [0.25, 0.3) is 0 Å². The van der Waals surface area contributed by atoms with Crippen molar-refractivity contribution in [3.05, 3.63) is 74.2 Å². The van der Waals surface area contributed by atoms with E-state index in [9.17, 15) is 49.1 Å². The van der Waals surface area contributed by atoms with Gasteiger partial charge in [-0.2, -0.15) is 39.5 Å². The second kappa shape index (κ2) is 12.1. The van der Waals surface area contributed by atoms with Crippen molar-refractivity contribution in [3.63, 3.8) is 0 Å². The van der Waals surface area contributed by atoms with E-state index in [1.165, 1.54) is 25.1 Å². The molecule has 3 nitrogen and oxygen atoms in total. The predicted molar refractivity (Wildman–Crippen MR) is 126 cm³/mol. The first kappa shape index (κ1) is 31.7. The summed E-state index contributed by atoms with van der Waals surface area (Å²) < 4.78 is 117. The van der Waals surface area contributed by atoms with E-state index in [1.807, 2.05) is 0 Å². The van der Waals surface area contributed by atoms with Gasteiger partial charge in [-0.1, -0.05) is 52.7 Å². The van der Waals surface area contributed by atoms with Gasteiger partial charge in [0.15, 0.2) is 5.78 Å². The third-order valence-electron chi connectivity index (χ3n) is 5.14. The highest BCUT2D eigenvalue weighted by Crippen LogP contribution is 2.40. The number of hydrogen-bond acceptors (Lipinski definition) is 2. The fourth-order valence-corrected chi connectivity index (χ4v) is 4.14. The first-order valence-corrected chi connectivity index (χ1v) is 11.7. The van der Waals surface area contributed by atoms with Gasteiger partial charge in [-0.15, -0.1) is 0 Å². The summed E-state index contributed by atoms with van der Waals surface area (Å²) in [5, 5.41) is 1.15. The maximum Gasteiger partial charge on any atom is 0.416 e. The Balaban J connectivity index is 2.24. The highest BCUT2D eigenvalue weighted by Gasteiger charge is 2.40.